The molecule has 5 heteroatoms. The smallest absolute Gasteiger partial charge is 0.239 e. The maximum absolute atomic E-state index is 10.8. The first-order chi connectivity index (χ1) is 5.09. The molecule has 0 rings (SSSR count). The first-order valence-electron chi connectivity index (χ1n) is 3.24. The van der Waals surface area contributed by atoms with Gasteiger partial charge in [0, 0.05) is 0 Å². The zero-order chi connectivity index (χ0) is 8.85. The molecule has 0 fully saturated rings. The minimum Gasteiger partial charge on any atom is -0.391 e. The summed E-state index contributed by atoms with van der Waals surface area (Å²) >= 11 is 0. The number of aliphatic hydroxyl groups is 1. The van der Waals surface area contributed by atoms with Crippen LogP contribution in [0.5, 0.6) is 0 Å². The quantitative estimate of drug-likeness (QED) is 0.415. The Morgan fingerprint density at radius 2 is 2.36 bits per heavy atom. The lowest BCUT2D eigenvalue weighted by Gasteiger charge is -2.12. The van der Waals surface area contributed by atoms with Gasteiger partial charge >= 0.3 is 0 Å². The highest BCUT2D eigenvalue weighted by molar-refractivity contribution is 5.83. The molecule has 0 aliphatic rings. The minimum absolute atomic E-state index is 0.0702. The molecule has 11 heavy (non-hydrogen) atoms. The molecule has 2 unspecified atom stereocenters. The molecule has 0 heterocycles. The maximum Gasteiger partial charge on any atom is 0.239 e. The topological polar surface area (TPSA) is 92.4 Å². The van der Waals surface area contributed by atoms with Crippen LogP contribution in [-0.4, -0.2) is 36.0 Å². The first-order valence-corrected chi connectivity index (χ1v) is 3.24. The SMILES string of the molecule is CC(O)C(N)C(=O)NCC=O. The van der Waals surface area contributed by atoms with E-state index >= 15 is 0 Å². The molecule has 0 saturated heterocycles. The molecule has 0 aliphatic carbocycles. The van der Waals surface area contributed by atoms with Crippen molar-refractivity contribution in [2.45, 2.75) is 19.1 Å². The van der Waals surface area contributed by atoms with Gasteiger partial charge < -0.3 is 21.0 Å². The van der Waals surface area contributed by atoms with Crippen LogP contribution in [0.15, 0.2) is 0 Å². The average Bonchev–Trinajstić information content (AvgIpc) is 1.98. The summed E-state index contributed by atoms with van der Waals surface area (Å²) in [6, 6.07) is -0.963. The zero-order valence-corrected chi connectivity index (χ0v) is 6.28. The van der Waals surface area contributed by atoms with Gasteiger partial charge in [-0.3, -0.25) is 4.79 Å². The highest BCUT2D eigenvalue weighted by Crippen LogP contribution is 1.86. The summed E-state index contributed by atoms with van der Waals surface area (Å²) in [6.45, 7) is 1.34. The van der Waals surface area contributed by atoms with E-state index in [1.807, 2.05) is 0 Å². The zero-order valence-electron chi connectivity index (χ0n) is 6.28. The molecule has 64 valence electrons. The Morgan fingerprint density at radius 3 is 2.73 bits per heavy atom. The van der Waals surface area contributed by atoms with Crippen LogP contribution >= 0.6 is 0 Å². The predicted octanol–water partition coefficient (Wildman–Crippen LogP) is -1.99. The van der Waals surface area contributed by atoms with Crippen molar-refractivity contribution in [2.75, 3.05) is 6.54 Å². The molecule has 0 radical (unpaired) electrons. The van der Waals surface area contributed by atoms with Gasteiger partial charge in [0.1, 0.15) is 12.3 Å². The summed E-state index contributed by atoms with van der Waals surface area (Å²) in [5.41, 5.74) is 5.22. The monoisotopic (exact) mass is 160 g/mol. The van der Waals surface area contributed by atoms with Crippen molar-refractivity contribution in [3.8, 4) is 0 Å². The minimum atomic E-state index is -0.963. The average molecular weight is 160 g/mol. The number of nitrogens with one attached hydrogen (secondary N) is 1. The normalized spacial score (nSPS) is 15.2. The molecule has 1 amide bonds. The van der Waals surface area contributed by atoms with Crippen molar-refractivity contribution in [1.29, 1.82) is 0 Å². The van der Waals surface area contributed by atoms with Crippen molar-refractivity contribution in [3.05, 3.63) is 0 Å². The molecule has 5 nitrogen and oxygen atoms in total. The number of hydrogen-bond acceptors (Lipinski definition) is 4. The second-order valence-electron chi connectivity index (χ2n) is 2.18. The molecule has 0 aliphatic heterocycles. The molecule has 0 aromatic rings. The van der Waals surface area contributed by atoms with Crippen LogP contribution in [0.3, 0.4) is 0 Å². The van der Waals surface area contributed by atoms with Crippen molar-refractivity contribution in [1.82, 2.24) is 5.32 Å². The van der Waals surface area contributed by atoms with Crippen LogP contribution in [0.1, 0.15) is 6.92 Å². The second-order valence-corrected chi connectivity index (χ2v) is 2.18. The van der Waals surface area contributed by atoms with Crippen LogP contribution in [0.4, 0.5) is 0 Å². The molecule has 4 N–H and O–H groups in total. The number of carbonyl (C=O) groups excluding carboxylic acids is 2. The summed E-state index contributed by atoms with van der Waals surface area (Å²) < 4.78 is 0. The van der Waals surface area contributed by atoms with Gasteiger partial charge in [0.15, 0.2) is 0 Å². The van der Waals surface area contributed by atoms with Crippen LogP contribution < -0.4 is 11.1 Å². The number of rotatable bonds is 4. The van der Waals surface area contributed by atoms with Gasteiger partial charge in [0.25, 0.3) is 0 Å². The third-order valence-electron chi connectivity index (χ3n) is 1.18. The van der Waals surface area contributed by atoms with Crippen LogP contribution in [0, 0.1) is 0 Å². The lowest BCUT2D eigenvalue weighted by Crippen LogP contribution is -2.47. The summed E-state index contributed by atoms with van der Waals surface area (Å²) in [6.07, 6.45) is -0.353. The van der Waals surface area contributed by atoms with Gasteiger partial charge in [-0.25, -0.2) is 0 Å². The fraction of sp³-hybridized carbons (Fsp3) is 0.667. The van der Waals surface area contributed by atoms with Crippen LogP contribution in [0.2, 0.25) is 0 Å². The molecular weight excluding hydrogens is 148 g/mol. The molecule has 0 bridgehead atoms. The van der Waals surface area contributed by atoms with E-state index in [9.17, 15) is 9.59 Å². The van der Waals surface area contributed by atoms with Gasteiger partial charge in [-0.1, -0.05) is 0 Å². The molecular formula is C6H12N2O3. The second kappa shape index (κ2) is 4.81. The Kier molecular flexibility index (Phi) is 4.40. The maximum atomic E-state index is 10.8. The Labute approximate surface area is 64.6 Å². The summed E-state index contributed by atoms with van der Waals surface area (Å²) in [5, 5.41) is 11.0. The van der Waals surface area contributed by atoms with Gasteiger partial charge in [-0.15, -0.1) is 0 Å². The predicted molar refractivity (Wildman–Crippen MR) is 38.7 cm³/mol. The van der Waals surface area contributed by atoms with Gasteiger partial charge in [-0.05, 0) is 6.92 Å². The molecule has 0 aromatic carbocycles. The number of aliphatic hydroxyl groups excluding tert-OH is 1. The van der Waals surface area contributed by atoms with E-state index in [1.54, 1.807) is 0 Å². The van der Waals surface area contributed by atoms with E-state index in [0.29, 0.717) is 6.29 Å². The number of hydrogen-bond donors (Lipinski definition) is 3. The largest absolute Gasteiger partial charge is 0.391 e. The number of aldehydes is 1. The highest BCUT2D eigenvalue weighted by atomic mass is 16.3. The molecule has 2 atom stereocenters. The Bertz CT molecular complexity index is 147. The van der Waals surface area contributed by atoms with Crippen molar-refractivity contribution in [2.24, 2.45) is 5.73 Å². The van der Waals surface area contributed by atoms with E-state index in [4.69, 9.17) is 10.8 Å². The number of carbonyl (C=O) groups is 2. The van der Waals surface area contributed by atoms with E-state index in [1.165, 1.54) is 6.92 Å². The van der Waals surface area contributed by atoms with Crippen LogP contribution in [-0.2, 0) is 9.59 Å². The first kappa shape index (κ1) is 10.1. The van der Waals surface area contributed by atoms with Crippen molar-refractivity contribution >= 4 is 12.2 Å². The van der Waals surface area contributed by atoms with E-state index in [-0.39, 0.29) is 6.54 Å². The number of amides is 1. The lowest BCUT2D eigenvalue weighted by molar-refractivity contribution is -0.125. The Hall–Kier alpha value is -0.940. The van der Waals surface area contributed by atoms with Crippen molar-refractivity contribution < 1.29 is 14.7 Å². The van der Waals surface area contributed by atoms with Gasteiger partial charge in [-0.2, -0.15) is 0 Å². The van der Waals surface area contributed by atoms with Gasteiger partial charge in [0.2, 0.25) is 5.91 Å². The van der Waals surface area contributed by atoms with E-state index < -0.39 is 18.1 Å². The molecule has 0 saturated carbocycles. The Balaban J connectivity index is 3.73. The molecule has 0 aromatic heterocycles. The summed E-state index contributed by atoms with van der Waals surface area (Å²) in [5.74, 6) is -0.521. The van der Waals surface area contributed by atoms with E-state index in [2.05, 4.69) is 5.32 Å². The number of nitrogens with two attached hydrogens (primary N) is 1. The third-order valence-corrected chi connectivity index (χ3v) is 1.18. The molecule has 0 spiro atoms. The highest BCUT2D eigenvalue weighted by Gasteiger charge is 2.17. The van der Waals surface area contributed by atoms with E-state index in [0.717, 1.165) is 0 Å². The standard InChI is InChI=1S/C6H12N2O3/c1-4(10)5(7)6(11)8-2-3-9/h3-5,10H,2,7H2,1H3,(H,8,11). The fourth-order valence-electron chi connectivity index (χ4n) is 0.479. The van der Waals surface area contributed by atoms with Crippen molar-refractivity contribution in [3.63, 3.8) is 0 Å². The summed E-state index contributed by atoms with van der Waals surface area (Å²) in [4.78, 5) is 20.6. The summed E-state index contributed by atoms with van der Waals surface area (Å²) in [7, 11) is 0. The fourth-order valence-corrected chi connectivity index (χ4v) is 0.479. The lowest BCUT2D eigenvalue weighted by atomic mass is 10.2. The Morgan fingerprint density at radius 1 is 1.82 bits per heavy atom. The van der Waals surface area contributed by atoms with Gasteiger partial charge in [0.05, 0.1) is 12.6 Å². The third kappa shape index (κ3) is 3.69. The van der Waals surface area contributed by atoms with Crippen LogP contribution in [0.25, 0.3) is 0 Å².